The van der Waals surface area contributed by atoms with E-state index in [9.17, 15) is 9.59 Å². The van der Waals surface area contributed by atoms with E-state index in [1.165, 1.54) is 0 Å². The molecule has 4 aromatic heterocycles. The maximum atomic E-state index is 12.5. The van der Waals surface area contributed by atoms with Gasteiger partial charge in [-0.3, -0.25) is 4.79 Å². The fourth-order valence-electron chi connectivity index (χ4n) is 3.88. The van der Waals surface area contributed by atoms with Gasteiger partial charge in [-0.1, -0.05) is 12.1 Å². The van der Waals surface area contributed by atoms with Gasteiger partial charge in [0.15, 0.2) is 0 Å². The lowest BCUT2D eigenvalue weighted by Gasteiger charge is -2.08. The first-order valence-corrected chi connectivity index (χ1v) is 10.0. The van der Waals surface area contributed by atoms with Gasteiger partial charge in [0.1, 0.15) is 11.2 Å². The zero-order valence-electron chi connectivity index (χ0n) is 16.9. The van der Waals surface area contributed by atoms with Crippen LogP contribution in [0.5, 0.6) is 0 Å². The Hall–Kier alpha value is -4.13. The summed E-state index contributed by atoms with van der Waals surface area (Å²) in [5.41, 5.74) is 5.49. The van der Waals surface area contributed by atoms with Gasteiger partial charge in [-0.2, -0.15) is 0 Å². The Kier molecular flexibility index (Phi) is 4.63. The monoisotopic (exact) mass is 412 g/mol. The van der Waals surface area contributed by atoms with Gasteiger partial charge in [0.2, 0.25) is 0 Å². The van der Waals surface area contributed by atoms with E-state index in [-0.39, 0.29) is 11.5 Å². The van der Waals surface area contributed by atoms with E-state index in [0.717, 1.165) is 33.4 Å². The first kappa shape index (κ1) is 18.9. The molecule has 0 bridgehead atoms. The van der Waals surface area contributed by atoms with Crippen LogP contribution in [0, 0.1) is 0 Å². The fourth-order valence-corrected chi connectivity index (χ4v) is 3.88. The lowest BCUT2D eigenvalue weighted by atomic mass is 10.1. The minimum absolute atomic E-state index is 0.159. The third-order valence-electron chi connectivity index (χ3n) is 5.32. The molecule has 0 aliphatic heterocycles. The van der Waals surface area contributed by atoms with Crippen molar-refractivity contribution in [1.82, 2.24) is 19.4 Å². The Labute approximate surface area is 177 Å². The topological polar surface area (TPSA) is 92.2 Å². The number of rotatable bonds is 5. The van der Waals surface area contributed by atoms with Crippen molar-refractivity contribution in [2.24, 2.45) is 0 Å². The number of carbonyl (C=O) groups is 1. The zero-order valence-corrected chi connectivity index (χ0v) is 16.9. The highest BCUT2D eigenvalue weighted by molar-refractivity contribution is 5.94. The summed E-state index contributed by atoms with van der Waals surface area (Å²) in [6.07, 6.45) is 7.87. The van der Waals surface area contributed by atoms with Crippen LogP contribution in [0.3, 0.4) is 0 Å². The molecule has 0 aliphatic carbocycles. The van der Waals surface area contributed by atoms with Gasteiger partial charge < -0.3 is 19.1 Å². The Balaban J connectivity index is 1.57. The maximum Gasteiger partial charge on any atom is 0.338 e. The van der Waals surface area contributed by atoms with Crippen LogP contribution in [0.4, 0.5) is 0 Å². The van der Waals surface area contributed by atoms with Crippen LogP contribution in [-0.4, -0.2) is 31.9 Å². The second kappa shape index (κ2) is 7.60. The average Bonchev–Trinajstić information content (AvgIpc) is 3.41. The Morgan fingerprint density at radius 3 is 2.90 bits per heavy atom. The van der Waals surface area contributed by atoms with E-state index < -0.39 is 0 Å². The van der Waals surface area contributed by atoms with Gasteiger partial charge in [-0.05, 0) is 42.8 Å². The van der Waals surface area contributed by atoms with Crippen LogP contribution in [0.25, 0.3) is 27.7 Å². The van der Waals surface area contributed by atoms with Crippen LogP contribution in [-0.2, 0) is 11.2 Å². The highest BCUT2D eigenvalue weighted by atomic mass is 16.5. The summed E-state index contributed by atoms with van der Waals surface area (Å²) in [5.74, 6) is -0.341. The number of fused-ring (bicyclic) bond motifs is 2. The smallest absolute Gasteiger partial charge is 0.338 e. The summed E-state index contributed by atoms with van der Waals surface area (Å²) in [5, 5.41) is 0.999. The number of nitrogens with one attached hydrogen (secondary N) is 2. The van der Waals surface area contributed by atoms with Gasteiger partial charge in [0, 0.05) is 53.4 Å². The molecule has 1 aromatic carbocycles. The van der Waals surface area contributed by atoms with E-state index in [1.54, 1.807) is 25.4 Å². The number of aromatic nitrogens is 4. The number of benzene rings is 1. The molecule has 7 heteroatoms. The number of H-pyrrole nitrogens is 2. The summed E-state index contributed by atoms with van der Waals surface area (Å²) >= 11 is 0. The molecular weight excluding hydrogens is 392 g/mol. The number of hydrogen-bond acceptors (Lipinski definition) is 4. The first-order chi connectivity index (χ1) is 15.1. The number of nitrogens with zero attached hydrogens (tertiary/aromatic N) is 2. The number of esters is 1. The Bertz CT molecular complexity index is 1480. The Morgan fingerprint density at radius 2 is 2.03 bits per heavy atom. The highest BCUT2D eigenvalue weighted by Crippen LogP contribution is 2.29. The van der Waals surface area contributed by atoms with Crippen molar-refractivity contribution in [3.8, 4) is 11.1 Å². The Morgan fingerprint density at radius 1 is 1.13 bits per heavy atom. The molecule has 2 N–H and O–H groups in total. The maximum absolute atomic E-state index is 12.5. The minimum Gasteiger partial charge on any atom is -0.462 e. The van der Waals surface area contributed by atoms with Gasteiger partial charge in [-0.15, -0.1) is 0 Å². The van der Waals surface area contributed by atoms with Crippen molar-refractivity contribution < 1.29 is 9.53 Å². The number of ether oxygens (including phenoxy) is 1. The summed E-state index contributed by atoms with van der Waals surface area (Å²) in [4.78, 5) is 34.9. The molecule has 7 nitrogen and oxygen atoms in total. The lowest BCUT2D eigenvalue weighted by molar-refractivity contribution is 0.0526. The van der Waals surface area contributed by atoms with E-state index in [0.29, 0.717) is 24.1 Å². The van der Waals surface area contributed by atoms with Crippen LogP contribution < -0.4 is 5.56 Å². The second-order valence-electron chi connectivity index (χ2n) is 7.29. The van der Waals surface area contributed by atoms with E-state index in [1.807, 2.05) is 53.2 Å². The molecule has 0 unspecified atom stereocenters. The average molecular weight is 412 g/mol. The number of aromatic amines is 2. The predicted octanol–water partition coefficient (Wildman–Crippen LogP) is 3.94. The van der Waals surface area contributed by atoms with Crippen molar-refractivity contribution >= 4 is 22.5 Å². The summed E-state index contributed by atoms with van der Waals surface area (Å²) in [7, 11) is 0. The molecule has 154 valence electrons. The molecule has 5 rings (SSSR count). The molecule has 5 aromatic rings. The van der Waals surface area contributed by atoms with Crippen molar-refractivity contribution in [2.45, 2.75) is 13.3 Å². The number of hydrogen-bond donors (Lipinski definition) is 2. The van der Waals surface area contributed by atoms with E-state index >= 15 is 0 Å². The van der Waals surface area contributed by atoms with Crippen LogP contribution >= 0.6 is 0 Å². The molecule has 0 spiro atoms. The molecular formula is C24H20N4O3. The van der Waals surface area contributed by atoms with Crippen LogP contribution in [0.15, 0.2) is 72.0 Å². The van der Waals surface area contributed by atoms with Gasteiger partial charge >= 0.3 is 5.97 Å². The number of pyridine rings is 1. The third-order valence-corrected chi connectivity index (χ3v) is 5.32. The van der Waals surface area contributed by atoms with E-state index in [2.05, 4.69) is 15.0 Å². The van der Waals surface area contributed by atoms with Crippen LogP contribution in [0.1, 0.15) is 28.5 Å². The summed E-state index contributed by atoms with van der Waals surface area (Å²) in [6.45, 7) is 2.12. The molecule has 0 amide bonds. The fraction of sp³-hybridized carbons (Fsp3) is 0.125. The minimum atomic E-state index is -0.341. The van der Waals surface area contributed by atoms with Gasteiger partial charge in [0.25, 0.3) is 5.56 Å². The molecule has 0 atom stereocenters. The van der Waals surface area contributed by atoms with Crippen LogP contribution in [0.2, 0.25) is 0 Å². The van der Waals surface area contributed by atoms with Gasteiger partial charge in [-0.25, -0.2) is 9.78 Å². The molecule has 0 radical (unpaired) electrons. The summed E-state index contributed by atoms with van der Waals surface area (Å²) in [6, 6.07) is 13.1. The molecule has 4 heterocycles. The second-order valence-corrected chi connectivity index (χ2v) is 7.29. The van der Waals surface area contributed by atoms with Crippen molar-refractivity contribution in [1.29, 1.82) is 0 Å². The van der Waals surface area contributed by atoms with E-state index in [4.69, 9.17) is 4.74 Å². The molecule has 31 heavy (non-hydrogen) atoms. The largest absolute Gasteiger partial charge is 0.462 e. The quantitative estimate of drug-likeness (QED) is 0.428. The van der Waals surface area contributed by atoms with Crippen molar-refractivity contribution in [3.05, 3.63) is 94.4 Å². The molecule has 0 fully saturated rings. The summed E-state index contributed by atoms with van der Waals surface area (Å²) < 4.78 is 7.00. The van der Waals surface area contributed by atoms with Gasteiger partial charge in [0.05, 0.1) is 12.2 Å². The van der Waals surface area contributed by atoms with Crippen molar-refractivity contribution in [3.63, 3.8) is 0 Å². The first-order valence-electron chi connectivity index (χ1n) is 10.0. The number of carbonyl (C=O) groups excluding carboxylic acids is 1. The zero-order chi connectivity index (χ0) is 21.4. The SMILES string of the molecule is CCOC(=O)c1cccc(Cc2c[nH]c(=O)c3cc(-c4c[nH]c5ncccc45)cn23)c1. The third kappa shape index (κ3) is 3.40. The highest BCUT2D eigenvalue weighted by Gasteiger charge is 2.13. The predicted molar refractivity (Wildman–Crippen MR) is 118 cm³/mol. The molecule has 0 saturated carbocycles. The standard InChI is InChI=1S/C24H20N4O3/c1-2-31-24(30)16-6-3-5-15(9-16)10-18-12-27-23(29)21-11-17(14-28(18)21)20-13-26-22-19(20)7-4-8-25-22/h3-9,11-14H,2,10H2,1H3,(H,25,26)(H,27,29). The van der Waals surface area contributed by atoms with Crippen molar-refractivity contribution in [2.75, 3.05) is 6.61 Å². The lowest BCUT2D eigenvalue weighted by Crippen LogP contribution is -2.12. The molecule has 0 aliphatic rings. The molecule has 0 saturated heterocycles. The normalized spacial score (nSPS) is 11.3.